The Morgan fingerprint density at radius 1 is 1.43 bits per heavy atom. The lowest BCUT2D eigenvalue weighted by Gasteiger charge is -2.01. The normalized spacial score (nSPS) is 10.9. The lowest BCUT2D eigenvalue weighted by Crippen LogP contribution is -2.11. The van der Waals surface area contributed by atoms with E-state index in [0.717, 1.165) is 23.2 Å². The predicted molar refractivity (Wildman–Crippen MR) is 60.9 cm³/mol. The van der Waals surface area contributed by atoms with Gasteiger partial charge in [0.05, 0.1) is 0 Å². The van der Waals surface area contributed by atoms with Gasteiger partial charge >= 0.3 is 0 Å². The highest BCUT2D eigenvalue weighted by Gasteiger charge is 2.06. The van der Waals surface area contributed by atoms with Gasteiger partial charge in [0.25, 0.3) is 0 Å². The van der Waals surface area contributed by atoms with Gasteiger partial charge in [-0.25, -0.2) is 0 Å². The highest BCUT2D eigenvalue weighted by atomic mass is 32.1. The Morgan fingerprint density at radius 3 is 3.07 bits per heavy atom. The summed E-state index contributed by atoms with van der Waals surface area (Å²) in [6.45, 7) is 3.85. The third kappa shape index (κ3) is 1.61. The molecule has 0 amide bonds. The van der Waals surface area contributed by atoms with Gasteiger partial charge in [-0.2, -0.15) is 0 Å². The molecule has 0 fully saturated rings. The highest BCUT2D eigenvalue weighted by molar-refractivity contribution is 7.17. The van der Waals surface area contributed by atoms with Crippen LogP contribution in [0.5, 0.6) is 5.75 Å². The second-order valence-electron chi connectivity index (χ2n) is 3.19. The van der Waals surface area contributed by atoms with Crippen molar-refractivity contribution in [2.75, 3.05) is 6.54 Å². The molecule has 2 N–H and O–H groups in total. The molecular formula is C11H13NOS. The number of phenols is 1. The number of fused-ring (bicyclic) bond motifs is 1. The monoisotopic (exact) mass is 207 g/mol. The maximum Gasteiger partial charge on any atom is 0.124 e. The van der Waals surface area contributed by atoms with Crippen LogP contribution in [0.25, 0.3) is 10.1 Å². The molecule has 0 aliphatic rings. The third-order valence-electron chi connectivity index (χ3n) is 2.22. The summed E-state index contributed by atoms with van der Waals surface area (Å²) in [4.78, 5) is 0. The van der Waals surface area contributed by atoms with Crippen LogP contribution in [0.15, 0.2) is 23.6 Å². The molecule has 0 saturated heterocycles. The molecule has 1 aromatic heterocycles. The standard InChI is InChI=1S/C11H13NOS/c1-2-12-6-8-7-14-10-5-3-4-9(13)11(8)10/h3-5,7,12-13H,2,6H2,1H3. The molecule has 1 aromatic carbocycles. The fourth-order valence-corrected chi connectivity index (χ4v) is 2.50. The maximum atomic E-state index is 9.72. The molecule has 2 aromatic rings. The Kier molecular flexibility index (Phi) is 2.70. The summed E-state index contributed by atoms with van der Waals surface area (Å²) in [5.74, 6) is 0.386. The van der Waals surface area contributed by atoms with Crippen molar-refractivity contribution < 1.29 is 5.11 Å². The van der Waals surface area contributed by atoms with Gasteiger partial charge in [0.1, 0.15) is 5.75 Å². The minimum atomic E-state index is 0.386. The summed E-state index contributed by atoms with van der Waals surface area (Å²) in [7, 11) is 0. The third-order valence-corrected chi connectivity index (χ3v) is 3.22. The van der Waals surface area contributed by atoms with Crippen LogP contribution in [-0.4, -0.2) is 11.7 Å². The van der Waals surface area contributed by atoms with Crippen LogP contribution < -0.4 is 5.32 Å². The number of aromatic hydroxyl groups is 1. The van der Waals surface area contributed by atoms with Crippen molar-refractivity contribution in [3.05, 3.63) is 29.1 Å². The quantitative estimate of drug-likeness (QED) is 0.811. The van der Waals surface area contributed by atoms with Gasteiger partial charge in [-0.1, -0.05) is 13.0 Å². The van der Waals surface area contributed by atoms with Crippen molar-refractivity contribution in [1.82, 2.24) is 5.32 Å². The van der Waals surface area contributed by atoms with Crippen molar-refractivity contribution >= 4 is 21.4 Å². The van der Waals surface area contributed by atoms with Crippen LogP contribution >= 0.6 is 11.3 Å². The second-order valence-corrected chi connectivity index (χ2v) is 4.10. The van der Waals surface area contributed by atoms with Gasteiger partial charge in [0, 0.05) is 16.6 Å². The molecule has 1 heterocycles. The number of thiophene rings is 1. The van der Waals surface area contributed by atoms with Crippen LogP contribution in [0.4, 0.5) is 0 Å². The van der Waals surface area contributed by atoms with Gasteiger partial charge in [-0.15, -0.1) is 11.3 Å². The van der Waals surface area contributed by atoms with E-state index in [2.05, 4.69) is 17.6 Å². The Labute approximate surface area is 87.2 Å². The summed E-state index contributed by atoms with van der Waals surface area (Å²) < 4.78 is 1.15. The van der Waals surface area contributed by atoms with Crippen LogP contribution in [0.3, 0.4) is 0 Å². The molecular weight excluding hydrogens is 194 g/mol. The van der Waals surface area contributed by atoms with E-state index in [9.17, 15) is 5.11 Å². The molecule has 0 bridgehead atoms. The van der Waals surface area contributed by atoms with Crippen LogP contribution in [0, 0.1) is 0 Å². The van der Waals surface area contributed by atoms with E-state index in [-0.39, 0.29) is 0 Å². The molecule has 0 atom stereocenters. The summed E-state index contributed by atoms with van der Waals surface area (Å²) in [5.41, 5.74) is 1.19. The molecule has 0 aliphatic carbocycles. The molecule has 14 heavy (non-hydrogen) atoms. The fraction of sp³-hybridized carbons (Fsp3) is 0.273. The number of nitrogens with one attached hydrogen (secondary N) is 1. The first-order chi connectivity index (χ1) is 6.83. The molecule has 0 aliphatic heterocycles. The fourth-order valence-electron chi connectivity index (χ4n) is 1.52. The smallest absolute Gasteiger partial charge is 0.124 e. The minimum absolute atomic E-state index is 0.386. The average molecular weight is 207 g/mol. The van der Waals surface area contributed by atoms with Crippen molar-refractivity contribution in [1.29, 1.82) is 0 Å². The first-order valence-corrected chi connectivity index (χ1v) is 5.59. The summed E-state index contributed by atoms with van der Waals surface area (Å²) >= 11 is 1.68. The first-order valence-electron chi connectivity index (χ1n) is 4.71. The van der Waals surface area contributed by atoms with Crippen LogP contribution in [0.2, 0.25) is 0 Å². The van der Waals surface area contributed by atoms with E-state index in [1.807, 2.05) is 12.1 Å². The molecule has 0 saturated carbocycles. The Bertz CT molecular complexity index is 436. The summed E-state index contributed by atoms with van der Waals surface area (Å²) in [6.07, 6.45) is 0. The topological polar surface area (TPSA) is 32.3 Å². The van der Waals surface area contributed by atoms with Gasteiger partial charge in [0.2, 0.25) is 0 Å². The Balaban J connectivity index is 2.45. The lowest BCUT2D eigenvalue weighted by atomic mass is 10.1. The van der Waals surface area contributed by atoms with Crippen molar-refractivity contribution in [2.45, 2.75) is 13.5 Å². The van der Waals surface area contributed by atoms with E-state index in [0.29, 0.717) is 5.75 Å². The largest absolute Gasteiger partial charge is 0.507 e. The van der Waals surface area contributed by atoms with Crippen molar-refractivity contribution in [3.63, 3.8) is 0 Å². The molecule has 0 unspecified atom stereocenters. The molecule has 3 heteroatoms. The Hall–Kier alpha value is -1.06. The number of hydrogen-bond donors (Lipinski definition) is 2. The van der Waals surface area contributed by atoms with Gasteiger partial charge in [-0.05, 0) is 29.6 Å². The number of phenolic OH excluding ortho intramolecular Hbond substituents is 1. The summed E-state index contributed by atoms with van der Waals surface area (Å²) in [6, 6.07) is 5.66. The van der Waals surface area contributed by atoms with Gasteiger partial charge in [-0.3, -0.25) is 0 Å². The van der Waals surface area contributed by atoms with Crippen molar-refractivity contribution in [3.8, 4) is 5.75 Å². The van der Waals surface area contributed by atoms with Crippen molar-refractivity contribution in [2.24, 2.45) is 0 Å². The molecule has 2 rings (SSSR count). The van der Waals surface area contributed by atoms with E-state index in [1.54, 1.807) is 17.4 Å². The molecule has 74 valence electrons. The maximum absolute atomic E-state index is 9.72. The highest BCUT2D eigenvalue weighted by Crippen LogP contribution is 2.32. The zero-order valence-corrected chi connectivity index (χ0v) is 8.90. The van der Waals surface area contributed by atoms with E-state index in [4.69, 9.17) is 0 Å². The van der Waals surface area contributed by atoms with Crippen LogP contribution in [-0.2, 0) is 6.54 Å². The second kappa shape index (κ2) is 3.98. The van der Waals surface area contributed by atoms with E-state index in [1.165, 1.54) is 5.56 Å². The Morgan fingerprint density at radius 2 is 2.29 bits per heavy atom. The number of benzene rings is 1. The SMILES string of the molecule is CCNCc1csc2cccc(O)c12. The number of rotatable bonds is 3. The van der Waals surface area contributed by atoms with Crippen LogP contribution in [0.1, 0.15) is 12.5 Å². The van der Waals surface area contributed by atoms with Gasteiger partial charge in [0.15, 0.2) is 0 Å². The average Bonchev–Trinajstić information content (AvgIpc) is 2.59. The lowest BCUT2D eigenvalue weighted by molar-refractivity contribution is 0.481. The zero-order valence-electron chi connectivity index (χ0n) is 8.08. The first kappa shape index (κ1) is 9.49. The number of hydrogen-bond acceptors (Lipinski definition) is 3. The van der Waals surface area contributed by atoms with Gasteiger partial charge < -0.3 is 10.4 Å². The molecule has 0 spiro atoms. The predicted octanol–water partition coefficient (Wildman–Crippen LogP) is 2.72. The van der Waals surface area contributed by atoms with E-state index < -0.39 is 0 Å². The zero-order chi connectivity index (χ0) is 9.97. The molecule has 0 radical (unpaired) electrons. The molecule has 2 nitrogen and oxygen atoms in total. The minimum Gasteiger partial charge on any atom is -0.507 e. The van der Waals surface area contributed by atoms with E-state index >= 15 is 0 Å². The summed E-state index contributed by atoms with van der Waals surface area (Å²) in [5, 5.41) is 16.1.